The van der Waals surface area contributed by atoms with Gasteiger partial charge in [-0.15, -0.1) is 0 Å². The molecule has 0 aromatic carbocycles. The van der Waals surface area contributed by atoms with Crippen molar-refractivity contribution < 1.29 is 4.84 Å². The fourth-order valence-corrected chi connectivity index (χ4v) is 1.12. The van der Waals surface area contributed by atoms with E-state index in [1.807, 2.05) is 0 Å². The van der Waals surface area contributed by atoms with E-state index in [1.54, 1.807) is 0 Å². The Morgan fingerprint density at radius 2 is 2.50 bits per heavy atom. The SMILES string of the molecule is CCCc1nsc(ON)n1. The quantitative estimate of drug-likeness (QED) is 0.661. The Morgan fingerprint density at radius 1 is 1.70 bits per heavy atom. The van der Waals surface area contributed by atoms with Crippen LogP contribution in [0.4, 0.5) is 0 Å². The van der Waals surface area contributed by atoms with E-state index in [0.29, 0.717) is 5.19 Å². The number of hydrogen-bond acceptors (Lipinski definition) is 5. The number of aryl methyl sites for hydroxylation is 1. The van der Waals surface area contributed by atoms with E-state index >= 15 is 0 Å². The molecule has 1 heterocycles. The van der Waals surface area contributed by atoms with Crippen molar-refractivity contribution in [2.24, 2.45) is 5.90 Å². The minimum atomic E-state index is 0.434. The maximum atomic E-state index is 4.87. The van der Waals surface area contributed by atoms with E-state index < -0.39 is 0 Å². The van der Waals surface area contributed by atoms with Crippen LogP contribution in [0.15, 0.2) is 0 Å². The highest BCUT2D eigenvalue weighted by Gasteiger charge is 2.01. The van der Waals surface area contributed by atoms with Crippen molar-refractivity contribution in [3.63, 3.8) is 0 Å². The predicted molar refractivity (Wildman–Crippen MR) is 38.7 cm³/mol. The summed E-state index contributed by atoms with van der Waals surface area (Å²) < 4.78 is 4.00. The first-order valence-electron chi connectivity index (χ1n) is 3.06. The van der Waals surface area contributed by atoms with Gasteiger partial charge < -0.3 is 4.84 Å². The highest BCUT2D eigenvalue weighted by Crippen LogP contribution is 2.12. The molecule has 0 saturated heterocycles. The van der Waals surface area contributed by atoms with E-state index in [0.717, 1.165) is 18.7 Å². The first-order valence-corrected chi connectivity index (χ1v) is 3.83. The Morgan fingerprint density at radius 3 is 3.00 bits per heavy atom. The van der Waals surface area contributed by atoms with Crippen molar-refractivity contribution in [1.82, 2.24) is 9.36 Å². The van der Waals surface area contributed by atoms with Gasteiger partial charge in [0, 0.05) is 18.0 Å². The van der Waals surface area contributed by atoms with Crippen molar-refractivity contribution in [2.75, 3.05) is 0 Å². The lowest BCUT2D eigenvalue weighted by Gasteiger charge is -1.86. The van der Waals surface area contributed by atoms with Gasteiger partial charge in [0.15, 0.2) is 0 Å². The lowest BCUT2D eigenvalue weighted by atomic mass is 10.3. The molecule has 5 heteroatoms. The maximum Gasteiger partial charge on any atom is 0.313 e. The fourth-order valence-electron chi connectivity index (χ4n) is 0.611. The molecule has 4 nitrogen and oxygen atoms in total. The highest BCUT2D eigenvalue weighted by molar-refractivity contribution is 7.07. The van der Waals surface area contributed by atoms with Gasteiger partial charge in [-0.1, -0.05) is 6.92 Å². The first kappa shape index (κ1) is 7.43. The Kier molecular flexibility index (Phi) is 2.58. The minimum absolute atomic E-state index is 0.434. The molecule has 1 rings (SSSR count). The van der Waals surface area contributed by atoms with E-state index in [4.69, 9.17) is 5.90 Å². The molecule has 1 aromatic rings. The molecule has 0 spiro atoms. The second-order valence-electron chi connectivity index (χ2n) is 1.84. The largest absolute Gasteiger partial charge is 0.378 e. The van der Waals surface area contributed by atoms with Crippen LogP contribution in [-0.4, -0.2) is 9.36 Å². The molecule has 0 amide bonds. The summed E-state index contributed by atoms with van der Waals surface area (Å²) >= 11 is 1.18. The van der Waals surface area contributed by atoms with Crippen LogP contribution >= 0.6 is 11.5 Å². The third-order valence-corrected chi connectivity index (χ3v) is 1.67. The van der Waals surface area contributed by atoms with Crippen LogP contribution in [-0.2, 0) is 6.42 Å². The number of nitrogens with two attached hydrogens (primary N) is 1. The maximum absolute atomic E-state index is 4.87. The van der Waals surface area contributed by atoms with E-state index in [2.05, 4.69) is 21.1 Å². The van der Waals surface area contributed by atoms with Crippen molar-refractivity contribution >= 4 is 11.5 Å². The van der Waals surface area contributed by atoms with Gasteiger partial charge >= 0.3 is 5.19 Å². The zero-order chi connectivity index (χ0) is 7.40. The molecule has 0 aliphatic heterocycles. The molecule has 1 aromatic heterocycles. The number of aromatic nitrogens is 2. The lowest BCUT2D eigenvalue weighted by Crippen LogP contribution is -2.01. The summed E-state index contributed by atoms with van der Waals surface area (Å²) in [5.74, 6) is 5.68. The number of hydrogen-bond donors (Lipinski definition) is 1. The molecule has 0 fully saturated rings. The van der Waals surface area contributed by atoms with Crippen LogP contribution < -0.4 is 10.7 Å². The topological polar surface area (TPSA) is 61.0 Å². The molecule has 0 unspecified atom stereocenters. The monoisotopic (exact) mass is 159 g/mol. The predicted octanol–water partition coefficient (Wildman–Crippen LogP) is 0.743. The van der Waals surface area contributed by atoms with Gasteiger partial charge in [0.25, 0.3) is 0 Å². The summed E-state index contributed by atoms with van der Waals surface area (Å²) in [5.41, 5.74) is 0. The van der Waals surface area contributed by atoms with Gasteiger partial charge in [0.1, 0.15) is 5.82 Å². The second kappa shape index (κ2) is 3.48. The van der Waals surface area contributed by atoms with E-state index in [9.17, 15) is 0 Å². The van der Waals surface area contributed by atoms with Crippen LogP contribution in [0.3, 0.4) is 0 Å². The standard InChI is InChI=1S/C5H9N3OS/c1-2-3-4-7-5(9-6)10-8-4/h2-3,6H2,1H3. The molecule has 0 saturated carbocycles. The Balaban J connectivity index is 2.59. The van der Waals surface area contributed by atoms with Crippen molar-refractivity contribution in [1.29, 1.82) is 0 Å². The van der Waals surface area contributed by atoms with Crippen LogP contribution in [0.25, 0.3) is 0 Å². The molecule has 0 radical (unpaired) electrons. The van der Waals surface area contributed by atoms with Crippen LogP contribution in [0.1, 0.15) is 19.2 Å². The lowest BCUT2D eigenvalue weighted by molar-refractivity contribution is 0.331. The normalized spacial score (nSPS) is 9.80. The van der Waals surface area contributed by atoms with Gasteiger partial charge in [0.2, 0.25) is 0 Å². The number of nitrogens with zero attached hydrogens (tertiary/aromatic N) is 2. The molecule has 0 atom stereocenters. The molecule has 0 aliphatic carbocycles. The second-order valence-corrected chi connectivity index (χ2v) is 2.56. The van der Waals surface area contributed by atoms with Gasteiger partial charge in [0.05, 0.1) is 0 Å². The average Bonchev–Trinajstić information content (AvgIpc) is 2.37. The molecular weight excluding hydrogens is 150 g/mol. The summed E-state index contributed by atoms with van der Waals surface area (Å²) in [5, 5.41) is 0.434. The summed E-state index contributed by atoms with van der Waals surface area (Å²) in [4.78, 5) is 8.36. The van der Waals surface area contributed by atoms with Crippen LogP contribution in [0.2, 0.25) is 0 Å². The van der Waals surface area contributed by atoms with Gasteiger partial charge in [-0.3, -0.25) is 0 Å². The van der Waals surface area contributed by atoms with Crippen LogP contribution in [0.5, 0.6) is 5.19 Å². The molecule has 0 aliphatic rings. The smallest absolute Gasteiger partial charge is 0.313 e. The molecule has 10 heavy (non-hydrogen) atoms. The molecule has 2 N–H and O–H groups in total. The highest BCUT2D eigenvalue weighted by atomic mass is 32.1. The Labute approximate surface area is 63.2 Å². The van der Waals surface area contributed by atoms with Crippen molar-refractivity contribution in [3.8, 4) is 5.19 Å². The minimum Gasteiger partial charge on any atom is -0.378 e. The third-order valence-electron chi connectivity index (χ3n) is 1.02. The molecular formula is C5H9N3OS. The van der Waals surface area contributed by atoms with Crippen molar-refractivity contribution in [3.05, 3.63) is 5.82 Å². The Hall–Kier alpha value is -0.680. The zero-order valence-electron chi connectivity index (χ0n) is 5.70. The van der Waals surface area contributed by atoms with Crippen LogP contribution in [0, 0.1) is 0 Å². The molecule has 56 valence electrons. The van der Waals surface area contributed by atoms with Gasteiger partial charge in [-0.2, -0.15) is 15.3 Å². The van der Waals surface area contributed by atoms with E-state index in [1.165, 1.54) is 11.5 Å². The fraction of sp³-hybridized carbons (Fsp3) is 0.600. The zero-order valence-corrected chi connectivity index (χ0v) is 6.52. The molecule has 0 bridgehead atoms. The van der Waals surface area contributed by atoms with Gasteiger partial charge in [-0.05, 0) is 6.42 Å². The summed E-state index contributed by atoms with van der Waals surface area (Å²) in [7, 11) is 0. The third kappa shape index (κ3) is 1.65. The van der Waals surface area contributed by atoms with E-state index in [-0.39, 0.29) is 0 Å². The summed E-state index contributed by atoms with van der Waals surface area (Å²) in [6.45, 7) is 2.07. The van der Waals surface area contributed by atoms with Gasteiger partial charge in [-0.25, -0.2) is 0 Å². The summed E-state index contributed by atoms with van der Waals surface area (Å²) in [6.07, 6.45) is 1.93. The number of rotatable bonds is 3. The Bertz CT molecular complexity index is 201. The average molecular weight is 159 g/mol. The first-order chi connectivity index (χ1) is 4.86. The summed E-state index contributed by atoms with van der Waals surface area (Å²) in [6, 6.07) is 0. The van der Waals surface area contributed by atoms with Crippen molar-refractivity contribution in [2.45, 2.75) is 19.8 Å².